The van der Waals surface area contributed by atoms with E-state index in [1.165, 1.54) is 0 Å². The Morgan fingerprint density at radius 3 is 2.82 bits per heavy atom. The minimum atomic E-state index is 0.0390. The van der Waals surface area contributed by atoms with E-state index in [-0.39, 0.29) is 5.78 Å². The van der Waals surface area contributed by atoms with Crippen molar-refractivity contribution in [1.82, 2.24) is 4.90 Å². The van der Waals surface area contributed by atoms with Crippen molar-refractivity contribution < 1.29 is 9.21 Å². The van der Waals surface area contributed by atoms with Gasteiger partial charge in [-0.1, -0.05) is 25.1 Å². The zero-order valence-corrected chi connectivity index (χ0v) is 10.3. The van der Waals surface area contributed by atoms with Crippen molar-refractivity contribution in [3.05, 3.63) is 36.1 Å². The molecular weight excluding hydrogens is 214 g/mol. The van der Waals surface area contributed by atoms with E-state index < -0.39 is 0 Å². The van der Waals surface area contributed by atoms with Crippen LogP contribution in [0.2, 0.25) is 0 Å². The Balaban J connectivity index is 2.13. The average molecular weight is 231 g/mol. The number of likely N-dealkylation sites (N-methyl/N-ethyl adjacent to an activating group) is 1. The Morgan fingerprint density at radius 2 is 2.12 bits per heavy atom. The van der Waals surface area contributed by atoms with Gasteiger partial charge in [0.1, 0.15) is 5.58 Å². The van der Waals surface area contributed by atoms with Gasteiger partial charge in [-0.15, -0.1) is 0 Å². The number of nitrogens with zero attached hydrogens (tertiary/aromatic N) is 1. The highest BCUT2D eigenvalue weighted by Gasteiger charge is 2.13. The highest BCUT2D eigenvalue weighted by atomic mass is 16.3. The number of hydrogen-bond acceptors (Lipinski definition) is 3. The summed E-state index contributed by atoms with van der Waals surface area (Å²) in [6.07, 6.45) is 1.05. The van der Waals surface area contributed by atoms with E-state index in [0.717, 1.165) is 23.9 Å². The van der Waals surface area contributed by atoms with Crippen LogP contribution in [0.15, 0.2) is 34.7 Å². The lowest BCUT2D eigenvalue weighted by Gasteiger charge is -2.12. The molecule has 0 aliphatic rings. The van der Waals surface area contributed by atoms with E-state index in [0.29, 0.717) is 12.3 Å². The maximum atomic E-state index is 12.0. The molecule has 0 unspecified atom stereocenters. The van der Waals surface area contributed by atoms with Gasteiger partial charge in [0, 0.05) is 5.39 Å². The molecule has 0 amide bonds. The number of benzene rings is 1. The van der Waals surface area contributed by atoms with Gasteiger partial charge in [0.05, 0.1) is 6.54 Å². The normalized spacial score (nSPS) is 11.2. The van der Waals surface area contributed by atoms with E-state index in [2.05, 4.69) is 6.92 Å². The number of rotatable bonds is 5. The van der Waals surface area contributed by atoms with Crippen LogP contribution < -0.4 is 0 Å². The standard InChI is InChI=1S/C14H17NO2/c1-3-8-15(2)10-12(16)14-9-11-6-4-5-7-13(11)17-14/h4-7,9H,3,8,10H2,1-2H3. The van der Waals surface area contributed by atoms with Crippen molar-refractivity contribution >= 4 is 16.8 Å². The first-order valence-corrected chi connectivity index (χ1v) is 5.91. The smallest absolute Gasteiger partial charge is 0.211 e. The van der Waals surface area contributed by atoms with Crippen LogP contribution in [0.5, 0.6) is 0 Å². The van der Waals surface area contributed by atoms with Gasteiger partial charge < -0.3 is 4.42 Å². The van der Waals surface area contributed by atoms with Crippen LogP contribution >= 0.6 is 0 Å². The van der Waals surface area contributed by atoms with Crippen molar-refractivity contribution in [2.45, 2.75) is 13.3 Å². The fourth-order valence-corrected chi connectivity index (χ4v) is 1.90. The van der Waals surface area contributed by atoms with Gasteiger partial charge in [0.25, 0.3) is 0 Å². The molecule has 0 spiro atoms. The third kappa shape index (κ3) is 2.74. The van der Waals surface area contributed by atoms with Gasteiger partial charge in [0.15, 0.2) is 5.76 Å². The summed E-state index contributed by atoms with van der Waals surface area (Å²) in [6.45, 7) is 3.43. The van der Waals surface area contributed by atoms with Crippen molar-refractivity contribution in [2.75, 3.05) is 20.1 Å². The lowest BCUT2D eigenvalue weighted by atomic mass is 10.2. The summed E-state index contributed by atoms with van der Waals surface area (Å²) in [7, 11) is 1.95. The zero-order valence-electron chi connectivity index (χ0n) is 10.3. The number of furan rings is 1. The number of carbonyl (C=O) groups excluding carboxylic acids is 1. The summed E-state index contributed by atoms with van der Waals surface area (Å²) in [5.74, 6) is 0.492. The topological polar surface area (TPSA) is 33.5 Å². The second kappa shape index (κ2) is 5.15. The van der Waals surface area contributed by atoms with Crippen molar-refractivity contribution in [3.63, 3.8) is 0 Å². The molecule has 0 aliphatic heterocycles. The number of hydrogen-bond donors (Lipinski definition) is 0. The van der Waals surface area contributed by atoms with Crippen molar-refractivity contribution in [3.8, 4) is 0 Å². The minimum absolute atomic E-state index is 0.0390. The second-order valence-corrected chi connectivity index (χ2v) is 4.31. The maximum Gasteiger partial charge on any atom is 0.211 e. The molecule has 1 aromatic carbocycles. The Hall–Kier alpha value is -1.61. The molecule has 3 heteroatoms. The molecule has 0 saturated heterocycles. The SMILES string of the molecule is CCCN(C)CC(=O)c1cc2ccccc2o1. The van der Waals surface area contributed by atoms with E-state index >= 15 is 0 Å². The lowest BCUT2D eigenvalue weighted by molar-refractivity contribution is 0.0921. The summed E-state index contributed by atoms with van der Waals surface area (Å²) in [6, 6.07) is 9.49. The lowest BCUT2D eigenvalue weighted by Crippen LogP contribution is -2.26. The van der Waals surface area contributed by atoms with Crippen LogP contribution in [0.3, 0.4) is 0 Å². The molecule has 17 heavy (non-hydrogen) atoms. The second-order valence-electron chi connectivity index (χ2n) is 4.31. The first-order chi connectivity index (χ1) is 8.20. The molecule has 2 aromatic rings. The van der Waals surface area contributed by atoms with E-state index in [1.54, 1.807) is 0 Å². The van der Waals surface area contributed by atoms with Crippen LogP contribution in [-0.4, -0.2) is 30.8 Å². The van der Waals surface area contributed by atoms with Crippen molar-refractivity contribution in [1.29, 1.82) is 0 Å². The summed E-state index contributed by atoms with van der Waals surface area (Å²) in [4.78, 5) is 14.0. The largest absolute Gasteiger partial charge is 0.453 e. The molecule has 0 N–H and O–H groups in total. The van der Waals surface area contributed by atoms with Gasteiger partial charge in [0.2, 0.25) is 5.78 Å². The number of Topliss-reactive ketones (excluding diaryl/α,β-unsaturated/α-hetero) is 1. The number of fused-ring (bicyclic) bond motifs is 1. The third-order valence-corrected chi connectivity index (χ3v) is 2.72. The van der Waals surface area contributed by atoms with Gasteiger partial charge in [-0.2, -0.15) is 0 Å². The average Bonchev–Trinajstić information content (AvgIpc) is 2.72. The van der Waals surface area contributed by atoms with E-state index in [4.69, 9.17) is 4.42 Å². The molecule has 1 aromatic heterocycles. The molecule has 0 saturated carbocycles. The van der Waals surface area contributed by atoms with Crippen LogP contribution in [0, 0.1) is 0 Å². The predicted molar refractivity (Wildman–Crippen MR) is 68.3 cm³/mol. The molecule has 0 radical (unpaired) electrons. The van der Waals surface area contributed by atoms with Gasteiger partial charge in [-0.25, -0.2) is 0 Å². The van der Waals surface area contributed by atoms with Gasteiger partial charge >= 0.3 is 0 Å². The Labute approximate surface area is 101 Å². The highest BCUT2D eigenvalue weighted by Crippen LogP contribution is 2.19. The van der Waals surface area contributed by atoms with Crippen LogP contribution in [0.25, 0.3) is 11.0 Å². The highest BCUT2D eigenvalue weighted by molar-refractivity contribution is 5.98. The van der Waals surface area contributed by atoms with E-state index in [9.17, 15) is 4.79 Å². The molecule has 1 heterocycles. The van der Waals surface area contributed by atoms with Crippen LogP contribution in [0.1, 0.15) is 23.9 Å². The summed E-state index contributed by atoms with van der Waals surface area (Å²) < 4.78 is 5.53. The molecule has 2 rings (SSSR count). The molecule has 0 atom stereocenters. The van der Waals surface area contributed by atoms with Crippen LogP contribution in [0.4, 0.5) is 0 Å². The summed E-state index contributed by atoms with van der Waals surface area (Å²) in [5.41, 5.74) is 0.772. The number of carbonyl (C=O) groups is 1. The summed E-state index contributed by atoms with van der Waals surface area (Å²) in [5, 5.41) is 0.981. The molecule has 0 aliphatic carbocycles. The number of ketones is 1. The fourth-order valence-electron chi connectivity index (χ4n) is 1.90. The van der Waals surface area contributed by atoms with E-state index in [1.807, 2.05) is 42.3 Å². The molecule has 90 valence electrons. The first kappa shape index (κ1) is 11.9. The first-order valence-electron chi connectivity index (χ1n) is 5.91. The van der Waals surface area contributed by atoms with Crippen molar-refractivity contribution in [2.24, 2.45) is 0 Å². The molecule has 0 fully saturated rings. The Kier molecular flexibility index (Phi) is 3.59. The third-order valence-electron chi connectivity index (χ3n) is 2.72. The number of para-hydroxylation sites is 1. The maximum absolute atomic E-state index is 12.0. The Bertz CT molecular complexity index is 483. The monoisotopic (exact) mass is 231 g/mol. The predicted octanol–water partition coefficient (Wildman–Crippen LogP) is 2.96. The summed E-state index contributed by atoms with van der Waals surface area (Å²) >= 11 is 0. The Morgan fingerprint density at radius 1 is 1.35 bits per heavy atom. The minimum Gasteiger partial charge on any atom is -0.453 e. The van der Waals surface area contributed by atoms with Gasteiger partial charge in [-0.3, -0.25) is 9.69 Å². The van der Waals surface area contributed by atoms with Gasteiger partial charge in [-0.05, 0) is 32.1 Å². The zero-order chi connectivity index (χ0) is 12.3. The fraction of sp³-hybridized carbons (Fsp3) is 0.357. The molecule has 0 bridgehead atoms. The molecular formula is C14H17NO2. The molecule has 3 nitrogen and oxygen atoms in total. The quantitative estimate of drug-likeness (QED) is 0.742. The van der Waals surface area contributed by atoms with Crippen LogP contribution in [-0.2, 0) is 0 Å².